The van der Waals surface area contributed by atoms with Crippen molar-refractivity contribution in [2.75, 3.05) is 12.3 Å². The number of esters is 2. The normalized spacial score (nSPS) is 25.9. The maximum absolute atomic E-state index is 12.3. The second kappa shape index (κ2) is 8.25. The van der Waals surface area contributed by atoms with Crippen LogP contribution < -0.4 is 5.73 Å². The molecule has 0 bridgehead atoms. The Morgan fingerprint density at radius 1 is 1.47 bits per heavy atom. The maximum Gasteiger partial charge on any atom is 0.306 e. The monoisotopic (exact) mass is 417 g/mol. The molecule has 1 fully saturated rings. The van der Waals surface area contributed by atoms with Crippen LogP contribution in [-0.2, 0) is 29.4 Å². The van der Waals surface area contributed by atoms with E-state index in [9.17, 15) is 20.0 Å². The number of aromatic nitrogens is 3. The molecule has 1 saturated heterocycles. The molecule has 11 nitrogen and oxygen atoms in total. The van der Waals surface area contributed by atoms with Crippen LogP contribution in [0.2, 0.25) is 0 Å². The number of nitrogens with zero attached hydrogens (tertiary/aromatic N) is 4. The van der Waals surface area contributed by atoms with Gasteiger partial charge >= 0.3 is 11.9 Å². The van der Waals surface area contributed by atoms with Crippen molar-refractivity contribution in [2.24, 2.45) is 5.92 Å². The smallest absolute Gasteiger partial charge is 0.306 e. The number of carbonyl (C=O) groups is 2. The van der Waals surface area contributed by atoms with Gasteiger partial charge in [0, 0.05) is 13.3 Å². The summed E-state index contributed by atoms with van der Waals surface area (Å²) in [6, 6.07) is 5.08. The van der Waals surface area contributed by atoms with Crippen molar-refractivity contribution in [3.05, 3.63) is 24.2 Å². The Bertz CT molecular complexity index is 999. The lowest BCUT2D eigenvalue weighted by atomic mass is 9.92. The van der Waals surface area contributed by atoms with Crippen LogP contribution in [-0.4, -0.2) is 56.6 Å². The average molecular weight is 417 g/mol. The topological polar surface area (TPSA) is 162 Å². The lowest BCUT2D eigenvalue weighted by Gasteiger charge is -2.24. The fraction of sp³-hybridized carbons (Fsp3) is 0.526. The first-order valence-electron chi connectivity index (χ1n) is 9.38. The van der Waals surface area contributed by atoms with E-state index in [1.54, 1.807) is 6.07 Å². The quantitative estimate of drug-likeness (QED) is 0.625. The van der Waals surface area contributed by atoms with E-state index in [1.807, 2.05) is 19.9 Å². The van der Waals surface area contributed by atoms with Gasteiger partial charge in [-0.15, -0.1) is 0 Å². The summed E-state index contributed by atoms with van der Waals surface area (Å²) in [6.07, 6.45) is -2.56. The zero-order chi connectivity index (χ0) is 22.1. The Morgan fingerprint density at radius 3 is 2.83 bits per heavy atom. The molecule has 4 atom stereocenters. The van der Waals surface area contributed by atoms with Crippen LogP contribution >= 0.6 is 0 Å². The molecule has 3 rings (SSSR count). The summed E-state index contributed by atoms with van der Waals surface area (Å²) >= 11 is 0. The molecule has 0 aliphatic carbocycles. The molecule has 1 aliphatic heterocycles. The predicted molar refractivity (Wildman–Crippen MR) is 102 cm³/mol. The average Bonchev–Trinajstić information content (AvgIpc) is 3.21. The molecule has 0 aromatic carbocycles. The Kier molecular flexibility index (Phi) is 5.91. The Morgan fingerprint density at radius 2 is 2.20 bits per heavy atom. The van der Waals surface area contributed by atoms with E-state index in [0.717, 1.165) is 0 Å². The number of aliphatic hydroxyl groups is 1. The lowest BCUT2D eigenvalue weighted by molar-refractivity contribution is -0.160. The zero-order valence-corrected chi connectivity index (χ0v) is 16.8. The van der Waals surface area contributed by atoms with Gasteiger partial charge in [-0.05, 0) is 18.1 Å². The highest BCUT2D eigenvalue weighted by Gasteiger charge is 2.60. The van der Waals surface area contributed by atoms with Crippen molar-refractivity contribution < 1.29 is 28.9 Å². The van der Waals surface area contributed by atoms with Crippen molar-refractivity contribution in [1.29, 1.82) is 5.26 Å². The number of carbonyl (C=O) groups excluding carboxylic acids is 2. The third-order valence-corrected chi connectivity index (χ3v) is 4.75. The SMILES string of the molecule is CC(=O)OC[C@H]1O[C@@](C#N)(c2ccc3c(N)ncnn23)[C@H](O)[C@@H]1OC(=O)CC(C)C. The molecule has 1 aliphatic rings. The molecule has 0 amide bonds. The molecule has 0 saturated carbocycles. The number of fused-ring (bicyclic) bond motifs is 1. The van der Waals surface area contributed by atoms with Crippen molar-refractivity contribution in [3.8, 4) is 6.07 Å². The third-order valence-electron chi connectivity index (χ3n) is 4.75. The number of anilines is 1. The van der Waals surface area contributed by atoms with Crippen molar-refractivity contribution in [1.82, 2.24) is 14.6 Å². The summed E-state index contributed by atoms with van der Waals surface area (Å²) in [4.78, 5) is 27.4. The first-order valence-corrected chi connectivity index (χ1v) is 9.38. The van der Waals surface area contributed by atoms with Crippen molar-refractivity contribution in [3.63, 3.8) is 0 Å². The predicted octanol–water partition coefficient (Wildman–Crippen LogP) is 0.311. The molecule has 2 aromatic rings. The van der Waals surface area contributed by atoms with Crippen LogP contribution in [0.5, 0.6) is 0 Å². The number of aliphatic hydroxyl groups excluding tert-OH is 1. The van der Waals surface area contributed by atoms with Gasteiger partial charge in [0.25, 0.3) is 0 Å². The summed E-state index contributed by atoms with van der Waals surface area (Å²) in [5.41, 5.74) is 4.50. The Labute approximate surface area is 172 Å². The van der Waals surface area contributed by atoms with E-state index < -0.39 is 35.9 Å². The Balaban J connectivity index is 2.01. The fourth-order valence-electron chi connectivity index (χ4n) is 3.41. The highest BCUT2D eigenvalue weighted by molar-refractivity contribution is 5.70. The molecule has 2 aromatic heterocycles. The van der Waals surface area contributed by atoms with E-state index >= 15 is 0 Å². The lowest BCUT2D eigenvalue weighted by Crippen LogP contribution is -2.43. The fourth-order valence-corrected chi connectivity index (χ4v) is 3.41. The Hall–Kier alpha value is -3.23. The summed E-state index contributed by atoms with van der Waals surface area (Å²) in [7, 11) is 0. The van der Waals surface area contributed by atoms with Gasteiger partial charge in [-0.2, -0.15) is 10.4 Å². The van der Waals surface area contributed by atoms with Gasteiger partial charge in [-0.1, -0.05) is 13.8 Å². The van der Waals surface area contributed by atoms with Crippen LogP contribution in [0.3, 0.4) is 0 Å². The van der Waals surface area contributed by atoms with Crippen LogP contribution in [0, 0.1) is 17.2 Å². The molecule has 160 valence electrons. The minimum Gasteiger partial charge on any atom is -0.463 e. The number of nitrogen functional groups attached to an aromatic ring is 1. The van der Waals surface area contributed by atoms with Crippen LogP contribution in [0.15, 0.2) is 18.5 Å². The molecule has 3 heterocycles. The molecule has 3 N–H and O–H groups in total. The van der Waals surface area contributed by atoms with Crippen LogP contribution in [0.4, 0.5) is 5.82 Å². The molecule has 0 spiro atoms. The summed E-state index contributed by atoms with van der Waals surface area (Å²) in [6.45, 7) is 4.59. The van der Waals surface area contributed by atoms with Gasteiger partial charge in [0.15, 0.2) is 11.9 Å². The number of nitrogens with two attached hydrogens (primary N) is 1. The number of nitriles is 1. The van der Waals surface area contributed by atoms with Gasteiger partial charge in [0.2, 0.25) is 5.60 Å². The van der Waals surface area contributed by atoms with Crippen LogP contribution in [0.1, 0.15) is 32.9 Å². The van der Waals surface area contributed by atoms with E-state index in [2.05, 4.69) is 10.1 Å². The summed E-state index contributed by atoms with van der Waals surface area (Å²) in [5.74, 6) is -0.943. The molecular formula is C19H23N5O6. The maximum atomic E-state index is 12.3. The first kappa shape index (κ1) is 21.5. The third kappa shape index (κ3) is 3.79. The number of hydrogen-bond acceptors (Lipinski definition) is 10. The number of hydrogen-bond donors (Lipinski definition) is 2. The standard InChI is InChI=1S/C19H23N5O6/c1-10(2)6-15(26)29-16-13(7-28-11(3)25)30-19(8-20,17(16)27)14-5-4-12-18(21)22-9-23-24(12)14/h4-5,9-10,13,16-17,27H,6-7H2,1-3H3,(H2,21,22,23)/t13-,16-,17-,19+/m1/s1. The van der Waals surface area contributed by atoms with Gasteiger partial charge < -0.3 is 25.1 Å². The first-order chi connectivity index (χ1) is 14.2. The molecule has 0 unspecified atom stereocenters. The molecule has 30 heavy (non-hydrogen) atoms. The number of ether oxygens (including phenoxy) is 3. The van der Waals surface area contributed by atoms with Crippen LogP contribution in [0.25, 0.3) is 5.52 Å². The highest BCUT2D eigenvalue weighted by atomic mass is 16.6. The zero-order valence-electron chi connectivity index (χ0n) is 16.8. The van der Waals surface area contributed by atoms with Crippen molar-refractivity contribution in [2.45, 2.75) is 51.1 Å². The number of rotatable bonds is 6. The second-order valence-corrected chi connectivity index (χ2v) is 7.46. The highest BCUT2D eigenvalue weighted by Crippen LogP contribution is 2.41. The summed E-state index contributed by atoms with van der Waals surface area (Å²) < 4.78 is 17.7. The van der Waals surface area contributed by atoms with Gasteiger partial charge in [-0.25, -0.2) is 9.50 Å². The molecule has 0 radical (unpaired) electrons. The molecule has 11 heteroatoms. The van der Waals surface area contributed by atoms with E-state index in [1.165, 1.54) is 23.8 Å². The van der Waals surface area contributed by atoms with E-state index in [-0.39, 0.29) is 30.5 Å². The van der Waals surface area contributed by atoms with Gasteiger partial charge in [0.05, 0.1) is 5.69 Å². The van der Waals surface area contributed by atoms with Gasteiger partial charge in [-0.3, -0.25) is 9.59 Å². The largest absolute Gasteiger partial charge is 0.463 e. The molecular weight excluding hydrogens is 394 g/mol. The minimum atomic E-state index is -1.94. The van der Waals surface area contributed by atoms with E-state index in [4.69, 9.17) is 19.9 Å². The van der Waals surface area contributed by atoms with Gasteiger partial charge in [0.1, 0.15) is 36.7 Å². The summed E-state index contributed by atoms with van der Waals surface area (Å²) in [5, 5.41) is 25.2. The van der Waals surface area contributed by atoms with Crippen molar-refractivity contribution >= 4 is 23.3 Å². The minimum absolute atomic E-state index is 0.0267. The van der Waals surface area contributed by atoms with E-state index in [0.29, 0.717) is 5.52 Å². The second-order valence-electron chi connectivity index (χ2n) is 7.46.